The van der Waals surface area contributed by atoms with E-state index in [2.05, 4.69) is 41.5 Å². The molecule has 1 N–H and O–H groups in total. The minimum absolute atomic E-state index is 0. The van der Waals surface area contributed by atoms with Gasteiger partial charge in [0.05, 0.1) is 6.10 Å². The Morgan fingerprint density at radius 3 is 1.49 bits per heavy atom. The van der Waals surface area contributed by atoms with Gasteiger partial charge in [0.25, 0.3) is 0 Å². The van der Waals surface area contributed by atoms with Crippen LogP contribution in [0.5, 0.6) is 0 Å². The number of fused-ring (bicyclic) bond motifs is 10. The van der Waals surface area contributed by atoms with Gasteiger partial charge in [0.1, 0.15) is 5.78 Å². The molecule has 8 aliphatic rings. The average Bonchev–Trinajstić information content (AvgIpc) is 3.55. The Morgan fingerprint density at radius 1 is 0.612 bits per heavy atom. The topological polar surface area (TPSA) is 37.3 Å². The Hall–Kier alpha value is 0.695. The minimum Gasteiger partial charge on any atom is -1.00 e. The summed E-state index contributed by atoms with van der Waals surface area (Å²) in [6.45, 7) is 19.2. The van der Waals surface area contributed by atoms with Crippen LogP contribution in [0, 0.1) is 92.7 Å². The number of carbonyl (C=O) groups excluding carboxylic acids is 1. The van der Waals surface area contributed by atoms with Crippen molar-refractivity contribution in [3.05, 3.63) is 0 Å². The third-order valence-electron chi connectivity index (χ3n) is 19.0. The van der Waals surface area contributed by atoms with Gasteiger partial charge < -0.3 is 6.53 Å². The zero-order chi connectivity index (χ0) is 32.8. The number of carbonyl (C=O) groups is 1. The molecule has 1 unspecified atom stereocenters. The third-order valence-corrected chi connectivity index (χ3v) is 19.0. The Bertz CT molecular complexity index is 1150. The van der Waals surface area contributed by atoms with Crippen LogP contribution in [0.4, 0.5) is 0 Å². The maximum atomic E-state index is 12.2. The second kappa shape index (κ2) is 15.4. The van der Waals surface area contributed by atoms with Crippen molar-refractivity contribution in [3.63, 3.8) is 0 Å². The first kappa shape index (κ1) is 42.4. The fourth-order valence-electron chi connectivity index (χ4n) is 16.4. The molecular weight excluding hydrogens is 606 g/mol. The number of hydrogen-bond donors (Lipinski definition) is 1. The van der Waals surface area contributed by atoms with Crippen molar-refractivity contribution in [1.82, 2.24) is 0 Å². The molecule has 0 aromatic carbocycles. The van der Waals surface area contributed by atoms with Crippen LogP contribution in [0.3, 0.4) is 0 Å². The van der Waals surface area contributed by atoms with Gasteiger partial charge in [-0.1, -0.05) is 61.8 Å². The quantitative estimate of drug-likeness (QED) is 0.295. The average molecular weight is 686 g/mol. The van der Waals surface area contributed by atoms with Crippen molar-refractivity contribution < 1.29 is 40.9 Å². The Kier molecular flexibility index (Phi) is 13.4. The third kappa shape index (κ3) is 6.83. The van der Waals surface area contributed by atoms with Gasteiger partial charge in [0, 0.05) is 14.3 Å². The molecule has 0 aromatic rings. The van der Waals surface area contributed by atoms with Crippen molar-refractivity contribution >= 4 is 14.2 Å². The largest absolute Gasteiger partial charge is 1.00 e. The summed E-state index contributed by atoms with van der Waals surface area (Å²) in [4.78, 5) is 12.2. The van der Waals surface area contributed by atoms with Gasteiger partial charge in [-0.15, -0.1) is 0 Å². The predicted molar refractivity (Wildman–Crippen MR) is 205 cm³/mol. The number of aliphatic hydroxyl groups is 1. The van der Waals surface area contributed by atoms with Gasteiger partial charge in [-0.05, 0) is 203 Å². The van der Waals surface area contributed by atoms with E-state index in [-0.39, 0.29) is 52.9 Å². The summed E-state index contributed by atoms with van der Waals surface area (Å²) in [5.74, 6) is 10.9. The normalized spacial score (nSPS) is 53.0. The summed E-state index contributed by atoms with van der Waals surface area (Å²) in [5.41, 5.74) is 2.02. The Morgan fingerprint density at radius 2 is 1.02 bits per heavy atom. The van der Waals surface area contributed by atoms with E-state index >= 15 is 0 Å². The molecule has 0 aliphatic heterocycles. The van der Waals surface area contributed by atoms with Crippen molar-refractivity contribution in [2.24, 2.45) is 92.7 Å². The van der Waals surface area contributed by atoms with E-state index in [0.29, 0.717) is 39.3 Å². The molecule has 3 radical (unpaired) electrons. The van der Waals surface area contributed by atoms with E-state index < -0.39 is 0 Å². The maximum absolute atomic E-state index is 12.2. The molecule has 4 heteroatoms. The summed E-state index contributed by atoms with van der Waals surface area (Å²) in [7, 11) is 0. The van der Waals surface area contributed by atoms with Crippen molar-refractivity contribution in [2.45, 2.75) is 184 Å². The minimum atomic E-state index is -0.107. The first-order valence-corrected chi connectivity index (χ1v) is 20.9. The van der Waals surface area contributed by atoms with Crippen LogP contribution in [-0.2, 0) is 4.79 Å². The Labute approximate surface area is 330 Å². The van der Waals surface area contributed by atoms with Gasteiger partial charge in [-0.3, -0.25) is 4.79 Å². The molecule has 0 bridgehead atoms. The molecule has 8 rings (SSSR count). The molecule has 0 amide bonds. The van der Waals surface area contributed by atoms with Crippen LogP contribution in [0.2, 0.25) is 0 Å². The van der Waals surface area contributed by atoms with Crippen LogP contribution >= 0.6 is 0 Å². The smallest absolute Gasteiger partial charge is 1.00 e. The van der Waals surface area contributed by atoms with Gasteiger partial charge >= 0.3 is 29.6 Å². The fraction of sp³-hybridized carbons (Fsp3) is 0.978. The molecule has 0 spiro atoms. The molecule has 275 valence electrons. The van der Waals surface area contributed by atoms with Gasteiger partial charge in [0.15, 0.2) is 0 Å². The zero-order valence-electron chi connectivity index (χ0n) is 34.2. The van der Waals surface area contributed by atoms with Crippen molar-refractivity contribution in [1.29, 1.82) is 0 Å². The van der Waals surface area contributed by atoms with E-state index in [0.717, 1.165) is 59.2 Å². The summed E-state index contributed by atoms with van der Waals surface area (Å²) in [6.07, 6.45) is 25.4. The van der Waals surface area contributed by atoms with Crippen LogP contribution in [0.25, 0.3) is 0 Å². The summed E-state index contributed by atoms with van der Waals surface area (Å²) in [6, 6.07) is 0. The molecule has 0 saturated heterocycles. The van der Waals surface area contributed by atoms with Crippen molar-refractivity contribution in [2.75, 3.05) is 0 Å². The first-order valence-electron chi connectivity index (χ1n) is 20.9. The molecule has 8 aliphatic carbocycles. The van der Waals surface area contributed by atoms with E-state index in [9.17, 15) is 9.90 Å². The number of rotatable bonds is 2. The molecule has 8 saturated carbocycles. The first-order chi connectivity index (χ1) is 21.7. The second-order valence-electron chi connectivity index (χ2n) is 20.8. The molecule has 49 heavy (non-hydrogen) atoms. The molecule has 2 nitrogen and oxygen atoms in total. The monoisotopic (exact) mass is 686 g/mol. The molecular formula is C45H79BNaO2. The maximum Gasteiger partial charge on any atom is 1.00 e. The summed E-state index contributed by atoms with van der Waals surface area (Å²) >= 11 is 0. The zero-order valence-corrected chi connectivity index (χ0v) is 35.2. The van der Waals surface area contributed by atoms with E-state index in [4.69, 9.17) is 0 Å². The number of ketones is 1. The molecule has 0 aromatic heterocycles. The van der Waals surface area contributed by atoms with Crippen LogP contribution < -0.4 is 29.6 Å². The van der Waals surface area contributed by atoms with Crippen LogP contribution in [-0.4, -0.2) is 25.4 Å². The molecule has 0 heterocycles. The fourth-order valence-corrected chi connectivity index (χ4v) is 16.4. The van der Waals surface area contributed by atoms with E-state index in [1.54, 1.807) is 0 Å². The van der Waals surface area contributed by atoms with Crippen LogP contribution in [0.15, 0.2) is 0 Å². The predicted octanol–water partition coefficient (Wildman–Crippen LogP) is 8.90. The van der Waals surface area contributed by atoms with E-state index in [1.807, 2.05) is 13.8 Å². The summed E-state index contributed by atoms with van der Waals surface area (Å²) < 4.78 is 0. The second-order valence-corrected chi connectivity index (χ2v) is 20.8. The van der Waals surface area contributed by atoms with Crippen molar-refractivity contribution in [3.8, 4) is 0 Å². The SMILES string of the molecule is C.CC(=O)[C@H]1CC[C@H]2[C@@H]3CC[C@H]4C[C@@H](C)CC[C@]4(C)[C@H]3CC[C@]12C.CC(O)[C@H]1CC[C@H]2[C@@H]3CC[C@H]4C[C@@H](C)CC[C@]4(C)[C@H]3CC[C@]12C.[B].[H-].[Na+]. The Balaban J connectivity index is 0.000000250. The standard InChI is InChI=1S/C22H38O.C22H36O.CH4.B.Na.H/c2*1-14-9-11-21(3)16(13-14)5-6-17-19-8-7-18(15(2)23)22(19,4)12-10-20(17)21;;;;/h14-20,23H,5-13H2,1-4H3;14,16-20H,5-13H2,1-4H3;1H4;;;/q;;;;+1;-1/t14-,15?,16-,17-,18+,19-,20-,21-,22+;14-,16-,17-,18+,19-,20-,21-,22+;;;;/m00..../s1. The number of aliphatic hydroxyl groups excluding tert-OH is 1. The molecule has 17 atom stereocenters. The van der Waals surface area contributed by atoms with Crippen LogP contribution in [0.1, 0.15) is 180 Å². The molecule has 8 fully saturated rings. The van der Waals surface area contributed by atoms with Gasteiger partial charge in [0.2, 0.25) is 0 Å². The number of Topliss-reactive ketones (excluding diaryl/α,β-unsaturated/α-hetero) is 1. The summed E-state index contributed by atoms with van der Waals surface area (Å²) in [5, 5.41) is 10.3. The van der Waals surface area contributed by atoms with Gasteiger partial charge in [-0.25, -0.2) is 0 Å². The number of hydrogen-bond acceptors (Lipinski definition) is 2. The van der Waals surface area contributed by atoms with E-state index in [1.165, 1.54) is 116 Å². The van der Waals surface area contributed by atoms with Gasteiger partial charge in [-0.2, -0.15) is 0 Å².